The molecule has 112 valence electrons. The SMILES string of the molecule is Cc1[nH]cnc1CN1CCCC[C@H]1CCc1ccccn1. The van der Waals surface area contributed by atoms with E-state index in [4.69, 9.17) is 0 Å². The Morgan fingerprint density at radius 3 is 3.00 bits per heavy atom. The number of aromatic nitrogens is 3. The molecular weight excluding hydrogens is 260 g/mol. The third-order valence-corrected chi connectivity index (χ3v) is 4.50. The summed E-state index contributed by atoms with van der Waals surface area (Å²) in [5.74, 6) is 0. The molecule has 0 radical (unpaired) electrons. The molecule has 0 amide bonds. The maximum absolute atomic E-state index is 4.45. The average molecular weight is 284 g/mol. The van der Waals surface area contributed by atoms with E-state index in [2.05, 4.69) is 38.9 Å². The maximum atomic E-state index is 4.45. The Hall–Kier alpha value is -1.68. The van der Waals surface area contributed by atoms with Crippen LogP contribution < -0.4 is 0 Å². The van der Waals surface area contributed by atoms with Crippen molar-refractivity contribution < 1.29 is 0 Å². The molecule has 0 spiro atoms. The highest BCUT2D eigenvalue weighted by molar-refractivity contribution is 5.09. The molecular formula is C17H24N4. The molecule has 4 nitrogen and oxygen atoms in total. The molecule has 0 aromatic carbocycles. The van der Waals surface area contributed by atoms with Gasteiger partial charge in [-0.1, -0.05) is 12.5 Å². The molecule has 3 rings (SSSR count). The van der Waals surface area contributed by atoms with Crippen LogP contribution in [0, 0.1) is 6.92 Å². The average Bonchev–Trinajstić information content (AvgIpc) is 2.93. The summed E-state index contributed by atoms with van der Waals surface area (Å²) in [6.45, 7) is 4.27. The Morgan fingerprint density at radius 1 is 1.29 bits per heavy atom. The lowest BCUT2D eigenvalue weighted by Gasteiger charge is -2.35. The number of nitrogens with zero attached hydrogens (tertiary/aromatic N) is 3. The van der Waals surface area contributed by atoms with Crippen molar-refractivity contribution in [3.63, 3.8) is 0 Å². The normalized spacial score (nSPS) is 19.8. The minimum atomic E-state index is 0.664. The van der Waals surface area contributed by atoms with Crippen molar-refractivity contribution in [1.29, 1.82) is 0 Å². The summed E-state index contributed by atoms with van der Waals surface area (Å²) in [6, 6.07) is 6.85. The fraction of sp³-hybridized carbons (Fsp3) is 0.529. The molecule has 1 aliphatic rings. The number of H-pyrrole nitrogens is 1. The fourth-order valence-corrected chi connectivity index (χ4v) is 3.19. The van der Waals surface area contributed by atoms with Gasteiger partial charge in [0.25, 0.3) is 0 Å². The van der Waals surface area contributed by atoms with Gasteiger partial charge in [-0.25, -0.2) is 4.98 Å². The quantitative estimate of drug-likeness (QED) is 0.917. The number of aromatic amines is 1. The lowest BCUT2D eigenvalue weighted by molar-refractivity contribution is 0.130. The maximum Gasteiger partial charge on any atom is 0.0925 e. The van der Waals surface area contributed by atoms with Crippen molar-refractivity contribution in [2.24, 2.45) is 0 Å². The minimum absolute atomic E-state index is 0.664. The summed E-state index contributed by atoms with van der Waals surface area (Å²) >= 11 is 0. The standard InChI is InChI=1S/C17H24N4/c1-14-17(20-13-19-14)12-21-11-5-3-7-16(21)9-8-15-6-2-4-10-18-15/h2,4,6,10,13,16H,3,5,7-9,11-12H2,1H3,(H,19,20)/t16-/m0/s1. The van der Waals surface area contributed by atoms with Crippen LogP contribution in [-0.2, 0) is 13.0 Å². The number of likely N-dealkylation sites (tertiary alicyclic amines) is 1. The first-order valence-electron chi connectivity index (χ1n) is 7.96. The number of imidazole rings is 1. The largest absolute Gasteiger partial charge is 0.348 e. The number of piperidine rings is 1. The smallest absolute Gasteiger partial charge is 0.0925 e. The third kappa shape index (κ3) is 3.70. The van der Waals surface area contributed by atoms with E-state index in [0.717, 1.165) is 13.0 Å². The summed E-state index contributed by atoms with van der Waals surface area (Å²) in [7, 11) is 0. The second-order valence-corrected chi connectivity index (χ2v) is 5.95. The van der Waals surface area contributed by atoms with E-state index >= 15 is 0 Å². The van der Waals surface area contributed by atoms with E-state index in [-0.39, 0.29) is 0 Å². The number of hydrogen-bond donors (Lipinski definition) is 1. The molecule has 0 saturated carbocycles. The molecule has 1 aliphatic heterocycles. The first kappa shape index (κ1) is 14.3. The highest BCUT2D eigenvalue weighted by Crippen LogP contribution is 2.23. The van der Waals surface area contributed by atoms with Gasteiger partial charge in [-0.15, -0.1) is 0 Å². The first-order valence-corrected chi connectivity index (χ1v) is 7.96. The molecule has 1 N–H and O–H groups in total. The van der Waals surface area contributed by atoms with E-state index in [1.807, 2.05) is 12.3 Å². The van der Waals surface area contributed by atoms with E-state index in [1.165, 1.54) is 49.3 Å². The number of nitrogens with one attached hydrogen (secondary N) is 1. The van der Waals surface area contributed by atoms with Gasteiger partial charge in [0, 0.05) is 30.2 Å². The van der Waals surface area contributed by atoms with Crippen LogP contribution in [-0.4, -0.2) is 32.4 Å². The number of rotatable bonds is 5. The van der Waals surface area contributed by atoms with Crippen LogP contribution in [0.3, 0.4) is 0 Å². The lowest BCUT2D eigenvalue weighted by atomic mass is 9.96. The Balaban J connectivity index is 1.60. The van der Waals surface area contributed by atoms with Gasteiger partial charge in [0.1, 0.15) is 0 Å². The topological polar surface area (TPSA) is 44.8 Å². The zero-order chi connectivity index (χ0) is 14.5. The predicted octanol–water partition coefficient (Wildman–Crippen LogP) is 3.10. The Morgan fingerprint density at radius 2 is 2.24 bits per heavy atom. The zero-order valence-electron chi connectivity index (χ0n) is 12.8. The van der Waals surface area contributed by atoms with Crippen molar-refractivity contribution in [3.05, 3.63) is 47.8 Å². The van der Waals surface area contributed by atoms with Crippen LogP contribution in [0.2, 0.25) is 0 Å². The molecule has 0 bridgehead atoms. The molecule has 1 fully saturated rings. The highest BCUT2D eigenvalue weighted by atomic mass is 15.2. The van der Waals surface area contributed by atoms with Gasteiger partial charge < -0.3 is 4.98 Å². The van der Waals surface area contributed by atoms with E-state index in [9.17, 15) is 0 Å². The van der Waals surface area contributed by atoms with Crippen molar-refractivity contribution in [2.45, 2.75) is 51.6 Å². The Bertz CT molecular complexity index is 549. The van der Waals surface area contributed by atoms with Gasteiger partial charge in [0.15, 0.2) is 0 Å². The van der Waals surface area contributed by atoms with Gasteiger partial charge in [0.2, 0.25) is 0 Å². The van der Waals surface area contributed by atoms with Crippen molar-refractivity contribution in [2.75, 3.05) is 6.54 Å². The molecule has 2 aromatic heterocycles. The van der Waals surface area contributed by atoms with Gasteiger partial charge >= 0.3 is 0 Å². The molecule has 1 atom stereocenters. The van der Waals surface area contributed by atoms with Crippen molar-refractivity contribution >= 4 is 0 Å². The summed E-state index contributed by atoms with van der Waals surface area (Å²) in [4.78, 5) is 14.7. The molecule has 3 heterocycles. The number of pyridine rings is 1. The summed E-state index contributed by atoms with van der Waals surface area (Å²) in [5.41, 5.74) is 3.60. The van der Waals surface area contributed by atoms with Crippen LogP contribution in [0.4, 0.5) is 0 Å². The molecule has 2 aromatic rings. The third-order valence-electron chi connectivity index (χ3n) is 4.50. The molecule has 4 heteroatoms. The van der Waals surface area contributed by atoms with Crippen LogP contribution in [0.25, 0.3) is 0 Å². The van der Waals surface area contributed by atoms with E-state index < -0.39 is 0 Å². The minimum Gasteiger partial charge on any atom is -0.348 e. The fourth-order valence-electron chi connectivity index (χ4n) is 3.19. The van der Waals surface area contributed by atoms with Gasteiger partial charge in [-0.05, 0) is 51.3 Å². The summed E-state index contributed by atoms with van der Waals surface area (Å²) in [5, 5.41) is 0. The molecule has 21 heavy (non-hydrogen) atoms. The Kier molecular flexibility index (Phi) is 4.65. The van der Waals surface area contributed by atoms with Gasteiger partial charge in [-0.3, -0.25) is 9.88 Å². The predicted molar refractivity (Wildman–Crippen MR) is 83.9 cm³/mol. The Labute approximate surface area is 126 Å². The van der Waals surface area contributed by atoms with E-state index in [0.29, 0.717) is 6.04 Å². The van der Waals surface area contributed by atoms with E-state index in [1.54, 1.807) is 6.33 Å². The highest BCUT2D eigenvalue weighted by Gasteiger charge is 2.23. The molecule has 0 aliphatic carbocycles. The monoisotopic (exact) mass is 284 g/mol. The number of aryl methyl sites for hydroxylation is 2. The second kappa shape index (κ2) is 6.85. The van der Waals surface area contributed by atoms with Crippen LogP contribution in [0.1, 0.15) is 42.8 Å². The lowest BCUT2D eigenvalue weighted by Crippen LogP contribution is -2.39. The number of hydrogen-bond acceptors (Lipinski definition) is 3. The van der Waals surface area contributed by atoms with Crippen LogP contribution >= 0.6 is 0 Å². The van der Waals surface area contributed by atoms with Crippen molar-refractivity contribution in [3.8, 4) is 0 Å². The zero-order valence-corrected chi connectivity index (χ0v) is 12.8. The van der Waals surface area contributed by atoms with Crippen LogP contribution in [0.15, 0.2) is 30.7 Å². The first-order chi connectivity index (χ1) is 10.3. The van der Waals surface area contributed by atoms with Gasteiger partial charge in [-0.2, -0.15) is 0 Å². The van der Waals surface area contributed by atoms with Crippen molar-refractivity contribution in [1.82, 2.24) is 19.9 Å². The van der Waals surface area contributed by atoms with Gasteiger partial charge in [0.05, 0.1) is 12.0 Å². The summed E-state index contributed by atoms with van der Waals surface area (Å²) < 4.78 is 0. The summed E-state index contributed by atoms with van der Waals surface area (Å²) in [6.07, 6.45) is 9.92. The second-order valence-electron chi connectivity index (χ2n) is 5.95. The molecule has 0 unspecified atom stereocenters. The molecule has 1 saturated heterocycles. The van der Waals surface area contributed by atoms with Crippen LogP contribution in [0.5, 0.6) is 0 Å².